The van der Waals surface area contributed by atoms with Gasteiger partial charge in [-0.15, -0.1) is 11.3 Å². The summed E-state index contributed by atoms with van der Waals surface area (Å²) in [4.78, 5) is 34.7. The van der Waals surface area contributed by atoms with Gasteiger partial charge in [0.1, 0.15) is 5.82 Å². The number of para-hydroxylation sites is 2. The van der Waals surface area contributed by atoms with Gasteiger partial charge in [-0.2, -0.15) is 0 Å². The van der Waals surface area contributed by atoms with E-state index < -0.39 is 0 Å². The molecule has 1 N–H and O–H groups in total. The fraction of sp³-hybridized carbons (Fsp3) is 0.333. The van der Waals surface area contributed by atoms with E-state index in [1.807, 2.05) is 41.3 Å². The van der Waals surface area contributed by atoms with Gasteiger partial charge in [-0.25, -0.2) is 9.97 Å². The number of nitrogens with zero attached hydrogens (tertiary/aromatic N) is 4. The van der Waals surface area contributed by atoms with Gasteiger partial charge in [-0.3, -0.25) is 14.5 Å². The molecule has 3 aromatic rings. The first-order chi connectivity index (χ1) is 12.6. The zero-order chi connectivity index (χ0) is 18.1. The zero-order valence-corrected chi connectivity index (χ0v) is 15.3. The molecule has 1 aliphatic heterocycles. The topological polar surface area (TPSA) is 80.1 Å². The fourth-order valence-electron chi connectivity index (χ4n) is 3.11. The number of amides is 2. The molecule has 0 atom stereocenters. The summed E-state index contributed by atoms with van der Waals surface area (Å²) in [5.74, 6) is 0.806. The molecule has 1 saturated heterocycles. The third-order valence-corrected chi connectivity index (χ3v) is 5.42. The number of aromatic nitrogens is 3. The molecular weight excluding hydrogens is 350 g/mol. The molecule has 3 heterocycles. The Kier molecular flexibility index (Phi) is 4.42. The zero-order valence-electron chi connectivity index (χ0n) is 14.4. The summed E-state index contributed by atoms with van der Waals surface area (Å²) in [6.45, 7) is 1.08. The van der Waals surface area contributed by atoms with E-state index in [2.05, 4.69) is 15.3 Å². The third-order valence-electron chi connectivity index (χ3n) is 4.51. The summed E-state index contributed by atoms with van der Waals surface area (Å²) in [7, 11) is 1.94. The van der Waals surface area contributed by atoms with Crippen molar-refractivity contribution in [2.24, 2.45) is 7.05 Å². The number of carbonyl (C=O) groups is 2. The lowest BCUT2D eigenvalue weighted by atomic mass is 10.3. The Morgan fingerprint density at radius 2 is 2.15 bits per heavy atom. The van der Waals surface area contributed by atoms with Crippen LogP contribution in [0.25, 0.3) is 11.0 Å². The molecule has 26 heavy (non-hydrogen) atoms. The lowest BCUT2D eigenvalue weighted by Gasteiger charge is -2.10. The van der Waals surface area contributed by atoms with Crippen molar-refractivity contribution in [3.63, 3.8) is 0 Å². The molecule has 2 amide bonds. The summed E-state index contributed by atoms with van der Waals surface area (Å²) < 4.78 is 1.98. The predicted octanol–water partition coefficient (Wildman–Crippen LogP) is 2.02. The van der Waals surface area contributed by atoms with E-state index in [0.29, 0.717) is 30.3 Å². The van der Waals surface area contributed by atoms with Crippen LogP contribution < -0.4 is 10.2 Å². The Morgan fingerprint density at radius 1 is 1.31 bits per heavy atom. The highest BCUT2D eigenvalue weighted by molar-refractivity contribution is 7.14. The number of thiazole rings is 1. The number of nitrogens with one attached hydrogen (secondary N) is 1. The summed E-state index contributed by atoms with van der Waals surface area (Å²) in [5.41, 5.74) is 2.64. The van der Waals surface area contributed by atoms with Gasteiger partial charge in [0.2, 0.25) is 11.8 Å². The minimum Gasteiger partial charge on any atom is -0.349 e. The molecule has 0 radical (unpaired) electrons. The summed E-state index contributed by atoms with van der Waals surface area (Å²) >= 11 is 1.41. The molecule has 8 heteroatoms. The monoisotopic (exact) mass is 369 g/mol. The molecule has 0 unspecified atom stereocenters. The molecule has 2 aromatic heterocycles. The SMILES string of the molecule is Cn1c(CNC(=O)Cc2csc(N3CCCC3=O)n2)nc2ccccc21. The van der Waals surface area contributed by atoms with E-state index >= 15 is 0 Å². The van der Waals surface area contributed by atoms with Crippen LogP contribution in [0.1, 0.15) is 24.4 Å². The average Bonchev–Trinajstić information content (AvgIpc) is 3.33. The molecule has 0 bridgehead atoms. The van der Waals surface area contributed by atoms with Gasteiger partial charge in [0, 0.05) is 25.4 Å². The predicted molar refractivity (Wildman–Crippen MR) is 100.0 cm³/mol. The molecule has 7 nitrogen and oxygen atoms in total. The van der Waals surface area contributed by atoms with Gasteiger partial charge >= 0.3 is 0 Å². The van der Waals surface area contributed by atoms with Crippen LogP contribution in [0.4, 0.5) is 5.13 Å². The number of imidazole rings is 1. The van der Waals surface area contributed by atoms with Crippen LogP contribution in [0, 0.1) is 0 Å². The van der Waals surface area contributed by atoms with E-state index in [1.54, 1.807) is 4.90 Å². The van der Waals surface area contributed by atoms with Crippen molar-refractivity contribution in [2.75, 3.05) is 11.4 Å². The van der Waals surface area contributed by atoms with Crippen molar-refractivity contribution in [1.29, 1.82) is 0 Å². The average molecular weight is 369 g/mol. The van der Waals surface area contributed by atoms with Crippen molar-refractivity contribution in [2.45, 2.75) is 25.8 Å². The first kappa shape index (κ1) is 16.7. The quantitative estimate of drug-likeness (QED) is 0.746. The minimum absolute atomic E-state index is 0.109. The van der Waals surface area contributed by atoms with Crippen molar-refractivity contribution in [3.05, 3.63) is 41.2 Å². The molecule has 1 fully saturated rings. The molecule has 0 aliphatic carbocycles. The lowest BCUT2D eigenvalue weighted by Crippen LogP contribution is -2.26. The Balaban J connectivity index is 1.37. The number of benzene rings is 1. The molecule has 134 valence electrons. The molecule has 4 rings (SSSR count). The maximum absolute atomic E-state index is 12.2. The maximum atomic E-state index is 12.2. The number of aryl methyl sites for hydroxylation is 1. The molecular formula is C18H19N5O2S. The number of rotatable bonds is 5. The van der Waals surface area contributed by atoms with E-state index in [1.165, 1.54) is 11.3 Å². The largest absolute Gasteiger partial charge is 0.349 e. The third kappa shape index (κ3) is 3.20. The van der Waals surface area contributed by atoms with Crippen molar-refractivity contribution in [1.82, 2.24) is 19.9 Å². The van der Waals surface area contributed by atoms with Crippen LogP contribution >= 0.6 is 11.3 Å². The number of hydrogen-bond acceptors (Lipinski definition) is 5. The highest BCUT2D eigenvalue weighted by Gasteiger charge is 2.24. The molecule has 0 saturated carbocycles. The highest BCUT2D eigenvalue weighted by Crippen LogP contribution is 2.25. The minimum atomic E-state index is -0.110. The second kappa shape index (κ2) is 6.87. The van der Waals surface area contributed by atoms with Gasteiger partial charge in [-0.05, 0) is 18.6 Å². The second-order valence-corrected chi connectivity index (χ2v) is 7.14. The lowest BCUT2D eigenvalue weighted by molar-refractivity contribution is -0.120. The number of fused-ring (bicyclic) bond motifs is 1. The van der Waals surface area contributed by atoms with E-state index in [0.717, 1.165) is 23.3 Å². The first-order valence-corrected chi connectivity index (χ1v) is 9.41. The number of carbonyl (C=O) groups excluding carboxylic acids is 2. The van der Waals surface area contributed by atoms with Gasteiger partial charge in [0.15, 0.2) is 5.13 Å². The molecule has 0 spiro atoms. The second-order valence-electron chi connectivity index (χ2n) is 6.30. The standard InChI is InChI=1S/C18H19N5O2S/c1-22-14-6-3-2-5-13(14)21-15(22)10-19-16(24)9-12-11-26-18(20-12)23-8-4-7-17(23)25/h2-3,5-6,11H,4,7-10H2,1H3,(H,19,24). The number of anilines is 1. The Labute approximate surface area is 154 Å². The maximum Gasteiger partial charge on any atom is 0.228 e. The van der Waals surface area contributed by atoms with Gasteiger partial charge in [0.25, 0.3) is 0 Å². The normalized spacial score (nSPS) is 14.3. The Morgan fingerprint density at radius 3 is 2.92 bits per heavy atom. The van der Waals surface area contributed by atoms with Crippen LogP contribution in [0.5, 0.6) is 0 Å². The van der Waals surface area contributed by atoms with Gasteiger partial charge in [-0.1, -0.05) is 12.1 Å². The smallest absolute Gasteiger partial charge is 0.228 e. The van der Waals surface area contributed by atoms with E-state index in [9.17, 15) is 9.59 Å². The highest BCUT2D eigenvalue weighted by atomic mass is 32.1. The molecule has 1 aromatic carbocycles. The Hall–Kier alpha value is -2.74. The fourth-order valence-corrected chi connectivity index (χ4v) is 3.98. The Bertz CT molecular complexity index is 977. The van der Waals surface area contributed by atoms with E-state index in [-0.39, 0.29) is 18.2 Å². The molecule has 1 aliphatic rings. The van der Waals surface area contributed by atoms with Crippen molar-refractivity contribution < 1.29 is 9.59 Å². The van der Waals surface area contributed by atoms with E-state index in [4.69, 9.17) is 0 Å². The van der Waals surface area contributed by atoms with Crippen molar-refractivity contribution >= 4 is 39.3 Å². The van der Waals surface area contributed by atoms with Crippen molar-refractivity contribution in [3.8, 4) is 0 Å². The first-order valence-electron chi connectivity index (χ1n) is 8.53. The van der Waals surface area contributed by atoms with Crippen LogP contribution in [-0.4, -0.2) is 32.9 Å². The summed E-state index contributed by atoms with van der Waals surface area (Å²) in [5, 5.41) is 5.43. The van der Waals surface area contributed by atoms with Crippen LogP contribution in [0.3, 0.4) is 0 Å². The van der Waals surface area contributed by atoms with Crippen LogP contribution in [0.15, 0.2) is 29.6 Å². The van der Waals surface area contributed by atoms with Gasteiger partial charge in [0.05, 0.1) is 29.7 Å². The number of hydrogen-bond donors (Lipinski definition) is 1. The summed E-state index contributed by atoms with van der Waals surface area (Å²) in [6, 6.07) is 7.88. The van der Waals surface area contributed by atoms with Crippen LogP contribution in [0.2, 0.25) is 0 Å². The van der Waals surface area contributed by atoms with Gasteiger partial charge < -0.3 is 9.88 Å². The summed E-state index contributed by atoms with van der Waals surface area (Å²) in [6.07, 6.45) is 1.64. The van der Waals surface area contributed by atoms with Crippen LogP contribution in [-0.2, 0) is 29.6 Å².